The van der Waals surface area contributed by atoms with Crippen LogP contribution in [0, 0.1) is 0 Å². The van der Waals surface area contributed by atoms with Crippen molar-refractivity contribution in [2.45, 2.75) is 71.1 Å². The van der Waals surface area contributed by atoms with Crippen molar-refractivity contribution in [3.05, 3.63) is 11.6 Å². The van der Waals surface area contributed by atoms with Crippen LogP contribution in [0.5, 0.6) is 0 Å². The molecule has 0 heterocycles. The summed E-state index contributed by atoms with van der Waals surface area (Å²) >= 11 is 0. The van der Waals surface area contributed by atoms with E-state index in [4.69, 9.17) is 0 Å². The fourth-order valence-corrected chi connectivity index (χ4v) is 2.07. The van der Waals surface area contributed by atoms with Gasteiger partial charge in [-0.2, -0.15) is 0 Å². The van der Waals surface area contributed by atoms with E-state index >= 15 is 0 Å². The monoisotopic (exact) mass is 180 g/mol. The van der Waals surface area contributed by atoms with Gasteiger partial charge in [0.2, 0.25) is 0 Å². The third kappa shape index (κ3) is 5.13. The average Bonchev–Trinajstić information content (AvgIpc) is 2.08. The van der Waals surface area contributed by atoms with Crippen molar-refractivity contribution in [2.75, 3.05) is 0 Å². The Labute approximate surface area is 83.4 Å². The number of hydrogen-bond donors (Lipinski definition) is 0. The molecule has 0 aromatic rings. The molecule has 1 aliphatic rings. The molecule has 0 saturated heterocycles. The second-order valence-corrected chi connectivity index (χ2v) is 4.27. The summed E-state index contributed by atoms with van der Waals surface area (Å²) in [5.74, 6) is 0. The Bertz CT molecular complexity index is 134. The van der Waals surface area contributed by atoms with Gasteiger partial charge in [-0.05, 0) is 32.1 Å². The highest BCUT2D eigenvalue weighted by molar-refractivity contribution is 5.02. The van der Waals surface area contributed by atoms with Crippen LogP contribution >= 0.6 is 0 Å². The van der Waals surface area contributed by atoms with E-state index in [-0.39, 0.29) is 0 Å². The van der Waals surface area contributed by atoms with Crippen molar-refractivity contribution < 1.29 is 0 Å². The van der Waals surface area contributed by atoms with Gasteiger partial charge in [0, 0.05) is 0 Å². The lowest BCUT2D eigenvalue weighted by Crippen LogP contribution is -1.91. The van der Waals surface area contributed by atoms with Crippen LogP contribution in [0.25, 0.3) is 0 Å². The Kier molecular flexibility index (Phi) is 5.97. The fourth-order valence-electron chi connectivity index (χ4n) is 2.07. The molecule has 13 heavy (non-hydrogen) atoms. The molecule has 0 aromatic carbocycles. The third-order valence-electron chi connectivity index (χ3n) is 2.99. The van der Waals surface area contributed by atoms with Crippen LogP contribution in [-0.2, 0) is 0 Å². The maximum atomic E-state index is 2.52. The molecule has 0 unspecified atom stereocenters. The molecule has 0 radical (unpaired) electrons. The van der Waals surface area contributed by atoms with Gasteiger partial charge in [0.05, 0.1) is 0 Å². The minimum Gasteiger partial charge on any atom is -0.0853 e. The Morgan fingerprint density at radius 2 is 1.62 bits per heavy atom. The summed E-state index contributed by atoms with van der Waals surface area (Å²) in [6, 6.07) is 0. The van der Waals surface area contributed by atoms with E-state index in [0.717, 1.165) is 0 Å². The van der Waals surface area contributed by atoms with E-state index in [2.05, 4.69) is 13.0 Å². The lowest BCUT2D eigenvalue weighted by molar-refractivity contribution is 0.566. The molecule has 0 heteroatoms. The van der Waals surface area contributed by atoms with Gasteiger partial charge in [0.15, 0.2) is 0 Å². The second-order valence-electron chi connectivity index (χ2n) is 4.27. The van der Waals surface area contributed by atoms with Crippen molar-refractivity contribution in [2.24, 2.45) is 0 Å². The SMILES string of the molecule is CCCCC=C1CCCCCCC1. The van der Waals surface area contributed by atoms with E-state index in [1.807, 2.05) is 0 Å². The lowest BCUT2D eigenvalue weighted by atomic mass is 9.95. The van der Waals surface area contributed by atoms with Crippen molar-refractivity contribution in [3.63, 3.8) is 0 Å². The number of rotatable bonds is 3. The Morgan fingerprint density at radius 1 is 1.00 bits per heavy atom. The van der Waals surface area contributed by atoms with E-state index in [0.29, 0.717) is 0 Å². The van der Waals surface area contributed by atoms with Crippen LogP contribution in [0.3, 0.4) is 0 Å². The van der Waals surface area contributed by atoms with Crippen LogP contribution < -0.4 is 0 Å². The zero-order valence-corrected chi connectivity index (χ0v) is 9.15. The Hall–Kier alpha value is -0.260. The molecule has 1 saturated carbocycles. The van der Waals surface area contributed by atoms with Crippen molar-refractivity contribution in [1.82, 2.24) is 0 Å². The van der Waals surface area contributed by atoms with Gasteiger partial charge in [-0.15, -0.1) is 0 Å². The fraction of sp³-hybridized carbons (Fsp3) is 0.846. The van der Waals surface area contributed by atoms with E-state index < -0.39 is 0 Å². The summed E-state index contributed by atoms with van der Waals surface area (Å²) in [5, 5.41) is 0. The van der Waals surface area contributed by atoms with Gasteiger partial charge in [0.25, 0.3) is 0 Å². The standard InChI is InChI=1S/C13H24/c1-2-3-7-10-13-11-8-5-4-6-9-12-13/h10H,2-9,11-12H2,1H3. The summed E-state index contributed by atoms with van der Waals surface area (Å²) in [6.07, 6.45) is 16.6. The zero-order valence-electron chi connectivity index (χ0n) is 9.15. The molecule has 0 spiro atoms. The Morgan fingerprint density at radius 3 is 2.23 bits per heavy atom. The average molecular weight is 180 g/mol. The summed E-state index contributed by atoms with van der Waals surface area (Å²) < 4.78 is 0. The molecule has 0 amide bonds. The second kappa shape index (κ2) is 7.17. The van der Waals surface area contributed by atoms with Crippen molar-refractivity contribution in [1.29, 1.82) is 0 Å². The third-order valence-corrected chi connectivity index (χ3v) is 2.99. The highest BCUT2D eigenvalue weighted by atomic mass is 14.1. The predicted octanol–water partition coefficient (Wildman–Crippen LogP) is 4.85. The quantitative estimate of drug-likeness (QED) is 0.430. The Balaban J connectivity index is 2.23. The molecule has 0 aromatic heterocycles. The number of hydrogen-bond acceptors (Lipinski definition) is 0. The zero-order chi connectivity index (χ0) is 9.36. The molecule has 76 valence electrons. The van der Waals surface area contributed by atoms with Crippen LogP contribution in [-0.4, -0.2) is 0 Å². The van der Waals surface area contributed by atoms with Crippen LogP contribution in [0.15, 0.2) is 11.6 Å². The first-order valence-electron chi connectivity index (χ1n) is 6.11. The van der Waals surface area contributed by atoms with Gasteiger partial charge in [-0.1, -0.05) is 50.7 Å². The van der Waals surface area contributed by atoms with Gasteiger partial charge in [-0.25, -0.2) is 0 Å². The first-order chi connectivity index (χ1) is 6.43. The molecule has 1 aliphatic carbocycles. The maximum Gasteiger partial charge on any atom is -0.0320 e. The molecule has 1 rings (SSSR count). The van der Waals surface area contributed by atoms with Gasteiger partial charge >= 0.3 is 0 Å². The molecule has 0 N–H and O–H groups in total. The first kappa shape index (κ1) is 10.8. The minimum absolute atomic E-state index is 1.33. The molecule has 0 nitrogen and oxygen atoms in total. The van der Waals surface area contributed by atoms with Crippen molar-refractivity contribution >= 4 is 0 Å². The van der Waals surface area contributed by atoms with Crippen molar-refractivity contribution in [3.8, 4) is 0 Å². The van der Waals surface area contributed by atoms with Gasteiger partial charge in [0.1, 0.15) is 0 Å². The predicted molar refractivity (Wildman–Crippen MR) is 59.9 cm³/mol. The first-order valence-corrected chi connectivity index (χ1v) is 6.11. The molecule has 0 aliphatic heterocycles. The molecule has 0 atom stereocenters. The van der Waals surface area contributed by atoms with E-state index in [1.54, 1.807) is 5.57 Å². The molecule has 0 bridgehead atoms. The molecular formula is C13H24. The maximum absolute atomic E-state index is 2.52. The van der Waals surface area contributed by atoms with Gasteiger partial charge < -0.3 is 0 Å². The largest absolute Gasteiger partial charge is 0.0853 e. The van der Waals surface area contributed by atoms with Crippen LogP contribution in [0.2, 0.25) is 0 Å². The smallest absolute Gasteiger partial charge is 0.0320 e. The summed E-state index contributed by atoms with van der Waals surface area (Å²) in [4.78, 5) is 0. The van der Waals surface area contributed by atoms with E-state index in [1.165, 1.54) is 64.2 Å². The highest BCUT2D eigenvalue weighted by Crippen LogP contribution is 2.22. The topological polar surface area (TPSA) is 0 Å². The van der Waals surface area contributed by atoms with Gasteiger partial charge in [-0.3, -0.25) is 0 Å². The summed E-state index contributed by atoms with van der Waals surface area (Å²) in [6.45, 7) is 2.27. The van der Waals surface area contributed by atoms with E-state index in [9.17, 15) is 0 Å². The highest BCUT2D eigenvalue weighted by Gasteiger charge is 2.02. The number of unbranched alkanes of at least 4 members (excludes halogenated alkanes) is 2. The van der Waals surface area contributed by atoms with Crippen LogP contribution in [0.1, 0.15) is 71.1 Å². The minimum atomic E-state index is 1.33. The molecule has 1 fully saturated rings. The number of allylic oxidation sites excluding steroid dienone is 2. The summed E-state index contributed by atoms with van der Waals surface area (Å²) in [5.41, 5.74) is 1.76. The molecular weight excluding hydrogens is 156 g/mol. The normalized spacial score (nSPS) is 19.3. The van der Waals surface area contributed by atoms with Crippen LogP contribution in [0.4, 0.5) is 0 Å². The summed E-state index contributed by atoms with van der Waals surface area (Å²) in [7, 11) is 0. The lowest BCUT2D eigenvalue weighted by Gasteiger charge is -2.11.